The molecule has 0 saturated heterocycles. The molecule has 0 spiro atoms. The van der Waals surface area contributed by atoms with Gasteiger partial charge in [-0.25, -0.2) is 4.79 Å². The minimum Gasteiger partial charge on any atom is -0.481 e. The van der Waals surface area contributed by atoms with E-state index in [4.69, 9.17) is 5.11 Å². The van der Waals surface area contributed by atoms with E-state index in [1.54, 1.807) is 12.1 Å². The van der Waals surface area contributed by atoms with Crippen molar-refractivity contribution in [2.45, 2.75) is 44.6 Å². The standard InChI is InChI=1S/C17H21N3O4/c21-15-8-3-11-9-13(6-7-14(11)20-15)19-17(24)18-12-4-1-10(2-5-12)16(22)23/h6-7,9-10,12H,1-5,8H2,(H,20,21)(H,22,23)(H2,18,19,24). The van der Waals surface area contributed by atoms with Gasteiger partial charge in [-0.15, -0.1) is 0 Å². The van der Waals surface area contributed by atoms with Gasteiger partial charge in [0, 0.05) is 23.8 Å². The molecule has 3 amide bonds. The van der Waals surface area contributed by atoms with Crippen LogP contribution in [0.4, 0.5) is 16.2 Å². The molecule has 24 heavy (non-hydrogen) atoms. The molecule has 4 N–H and O–H groups in total. The lowest BCUT2D eigenvalue weighted by atomic mass is 9.86. The quantitative estimate of drug-likeness (QED) is 0.682. The first kappa shape index (κ1) is 16.3. The largest absolute Gasteiger partial charge is 0.481 e. The second kappa shape index (κ2) is 6.90. The Labute approximate surface area is 139 Å². The number of amides is 3. The van der Waals surface area contributed by atoms with Crippen LogP contribution in [0.3, 0.4) is 0 Å². The van der Waals surface area contributed by atoms with Gasteiger partial charge in [-0.1, -0.05) is 0 Å². The molecule has 1 heterocycles. The average Bonchev–Trinajstić information content (AvgIpc) is 2.55. The zero-order valence-corrected chi connectivity index (χ0v) is 13.3. The Hall–Kier alpha value is -2.57. The summed E-state index contributed by atoms with van der Waals surface area (Å²) in [6, 6.07) is 5.15. The zero-order valence-electron chi connectivity index (χ0n) is 13.3. The van der Waals surface area contributed by atoms with Crippen LogP contribution in [-0.2, 0) is 16.0 Å². The molecule has 3 rings (SSSR count). The number of nitrogens with one attached hydrogen (secondary N) is 3. The van der Waals surface area contributed by atoms with Crippen molar-refractivity contribution in [3.05, 3.63) is 23.8 Å². The highest BCUT2D eigenvalue weighted by molar-refractivity contribution is 5.95. The Balaban J connectivity index is 1.52. The summed E-state index contributed by atoms with van der Waals surface area (Å²) in [5.41, 5.74) is 2.49. The lowest BCUT2D eigenvalue weighted by Gasteiger charge is -2.27. The second-order valence-electron chi connectivity index (χ2n) is 6.41. The Morgan fingerprint density at radius 1 is 1.12 bits per heavy atom. The third-order valence-electron chi connectivity index (χ3n) is 4.67. The molecule has 7 heteroatoms. The lowest BCUT2D eigenvalue weighted by Crippen LogP contribution is -2.41. The van der Waals surface area contributed by atoms with Crippen molar-refractivity contribution in [3.8, 4) is 0 Å². The summed E-state index contributed by atoms with van der Waals surface area (Å²) < 4.78 is 0. The highest BCUT2D eigenvalue weighted by atomic mass is 16.4. The smallest absolute Gasteiger partial charge is 0.319 e. The first-order valence-corrected chi connectivity index (χ1v) is 8.24. The summed E-state index contributed by atoms with van der Waals surface area (Å²) in [5, 5.41) is 17.5. The van der Waals surface area contributed by atoms with Crippen molar-refractivity contribution in [2.75, 3.05) is 10.6 Å². The van der Waals surface area contributed by atoms with Crippen LogP contribution in [0, 0.1) is 5.92 Å². The van der Waals surface area contributed by atoms with E-state index < -0.39 is 5.97 Å². The van der Waals surface area contributed by atoms with Gasteiger partial charge in [-0.05, 0) is 55.9 Å². The number of aliphatic carboxylic acids is 1. The van der Waals surface area contributed by atoms with Crippen LogP contribution in [0.2, 0.25) is 0 Å². The molecule has 1 saturated carbocycles. The first-order chi connectivity index (χ1) is 11.5. The molecule has 1 fully saturated rings. The van der Waals surface area contributed by atoms with E-state index in [0.717, 1.165) is 11.3 Å². The molecule has 1 aliphatic heterocycles. The summed E-state index contributed by atoms with van der Waals surface area (Å²) in [6.45, 7) is 0. The topological polar surface area (TPSA) is 108 Å². The fourth-order valence-electron chi connectivity index (χ4n) is 3.30. The molecule has 0 atom stereocenters. The maximum atomic E-state index is 12.1. The molecule has 128 valence electrons. The van der Waals surface area contributed by atoms with E-state index in [1.807, 2.05) is 6.07 Å². The molecule has 1 aromatic rings. The number of carbonyl (C=O) groups excluding carboxylic acids is 2. The van der Waals surface area contributed by atoms with Crippen LogP contribution in [0.5, 0.6) is 0 Å². The van der Waals surface area contributed by atoms with Crippen molar-refractivity contribution >= 4 is 29.3 Å². The molecule has 0 aromatic heterocycles. The maximum absolute atomic E-state index is 12.1. The van der Waals surface area contributed by atoms with Crippen LogP contribution in [0.25, 0.3) is 0 Å². The summed E-state index contributed by atoms with van der Waals surface area (Å²) in [4.78, 5) is 34.4. The van der Waals surface area contributed by atoms with E-state index in [1.165, 1.54) is 0 Å². The second-order valence-corrected chi connectivity index (χ2v) is 6.41. The molecular formula is C17H21N3O4. The number of carbonyl (C=O) groups is 3. The van der Waals surface area contributed by atoms with Gasteiger partial charge in [0.15, 0.2) is 0 Å². The van der Waals surface area contributed by atoms with Crippen LogP contribution in [0.15, 0.2) is 18.2 Å². The van der Waals surface area contributed by atoms with E-state index in [-0.39, 0.29) is 23.9 Å². The SMILES string of the molecule is O=C1CCc2cc(NC(=O)NC3CCC(C(=O)O)CC3)ccc2N1. The molecule has 0 radical (unpaired) electrons. The summed E-state index contributed by atoms with van der Waals surface area (Å²) in [7, 11) is 0. The molecule has 2 aliphatic rings. The van der Waals surface area contributed by atoms with Gasteiger partial charge in [-0.2, -0.15) is 0 Å². The lowest BCUT2D eigenvalue weighted by molar-refractivity contribution is -0.142. The van der Waals surface area contributed by atoms with Crippen LogP contribution < -0.4 is 16.0 Å². The zero-order chi connectivity index (χ0) is 17.1. The summed E-state index contributed by atoms with van der Waals surface area (Å²) in [6.07, 6.45) is 3.67. The molecule has 7 nitrogen and oxygen atoms in total. The number of anilines is 2. The van der Waals surface area contributed by atoms with Gasteiger partial charge in [0.2, 0.25) is 5.91 Å². The van der Waals surface area contributed by atoms with Crippen molar-refractivity contribution < 1.29 is 19.5 Å². The summed E-state index contributed by atoms with van der Waals surface area (Å²) >= 11 is 0. The third kappa shape index (κ3) is 3.84. The first-order valence-electron chi connectivity index (χ1n) is 8.24. The molecule has 1 aromatic carbocycles. The van der Waals surface area contributed by atoms with Gasteiger partial charge in [0.25, 0.3) is 0 Å². The Morgan fingerprint density at radius 3 is 2.58 bits per heavy atom. The fourth-order valence-corrected chi connectivity index (χ4v) is 3.30. The molecule has 0 bridgehead atoms. The number of rotatable bonds is 3. The number of carboxylic acids is 1. The number of urea groups is 1. The molecule has 1 aliphatic carbocycles. The number of fused-ring (bicyclic) bond motifs is 1. The molecular weight excluding hydrogens is 310 g/mol. The predicted octanol–water partition coefficient (Wildman–Crippen LogP) is 2.34. The van der Waals surface area contributed by atoms with E-state index in [0.29, 0.717) is 44.2 Å². The van der Waals surface area contributed by atoms with Crippen molar-refractivity contribution in [1.29, 1.82) is 0 Å². The monoisotopic (exact) mass is 331 g/mol. The highest BCUT2D eigenvalue weighted by Crippen LogP contribution is 2.26. The van der Waals surface area contributed by atoms with E-state index in [9.17, 15) is 14.4 Å². The van der Waals surface area contributed by atoms with Gasteiger partial charge in [0.05, 0.1) is 5.92 Å². The number of hydrogen-bond acceptors (Lipinski definition) is 3. The maximum Gasteiger partial charge on any atom is 0.319 e. The fraction of sp³-hybridized carbons (Fsp3) is 0.471. The normalized spacial score (nSPS) is 22.9. The Kier molecular flexibility index (Phi) is 4.69. The van der Waals surface area contributed by atoms with Crippen molar-refractivity contribution in [1.82, 2.24) is 5.32 Å². The Bertz CT molecular complexity index is 666. The Morgan fingerprint density at radius 2 is 1.88 bits per heavy atom. The van der Waals surface area contributed by atoms with E-state index in [2.05, 4.69) is 16.0 Å². The van der Waals surface area contributed by atoms with Gasteiger partial charge in [-0.3, -0.25) is 9.59 Å². The van der Waals surface area contributed by atoms with Crippen molar-refractivity contribution in [3.63, 3.8) is 0 Å². The number of benzene rings is 1. The van der Waals surface area contributed by atoms with Crippen LogP contribution >= 0.6 is 0 Å². The minimum absolute atomic E-state index is 0.0116. The summed E-state index contributed by atoms with van der Waals surface area (Å²) in [5.74, 6) is -1.03. The predicted molar refractivity (Wildman–Crippen MR) is 88.9 cm³/mol. The van der Waals surface area contributed by atoms with Gasteiger partial charge < -0.3 is 21.1 Å². The molecule has 0 unspecified atom stereocenters. The number of carboxylic acid groups (broad SMARTS) is 1. The van der Waals surface area contributed by atoms with Gasteiger partial charge >= 0.3 is 12.0 Å². The van der Waals surface area contributed by atoms with Crippen molar-refractivity contribution in [2.24, 2.45) is 5.92 Å². The average molecular weight is 331 g/mol. The number of aryl methyl sites for hydroxylation is 1. The minimum atomic E-state index is -0.751. The third-order valence-corrected chi connectivity index (χ3v) is 4.67. The van der Waals surface area contributed by atoms with Gasteiger partial charge in [0.1, 0.15) is 0 Å². The van der Waals surface area contributed by atoms with Crippen LogP contribution in [-0.4, -0.2) is 29.1 Å². The van der Waals surface area contributed by atoms with Crippen LogP contribution in [0.1, 0.15) is 37.7 Å². The highest BCUT2D eigenvalue weighted by Gasteiger charge is 2.26. The van der Waals surface area contributed by atoms with E-state index >= 15 is 0 Å². The number of hydrogen-bond donors (Lipinski definition) is 4.